The van der Waals surface area contributed by atoms with Crippen molar-refractivity contribution in [3.05, 3.63) is 24.3 Å². The number of carbonyl (C=O) groups is 2. The fourth-order valence-corrected chi connectivity index (χ4v) is 2.92. The summed E-state index contributed by atoms with van der Waals surface area (Å²) in [6, 6.07) is 0. The van der Waals surface area contributed by atoms with Crippen LogP contribution in [0.25, 0.3) is 0 Å². The molecule has 0 spiro atoms. The summed E-state index contributed by atoms with van der Waals surface area (Å²) in [5.41, 5.74) is -2.14. The molecule has 0 radical (unpaired) electrons. The lowest BCUT2D eigenvalue weighted by Crippen LogP contribution is -2.27. The minimum absolute atomic E-state index is 0.116. The van der Waals surface area contributed by atoms with E-state index in [1.165, 1.54) is 62.8 Å². The smallest absolute Gasteiger partial charge is 0.317 e. The zero-order valence-electron chi connectivity index (χ0n) is 11.0. The molecule has 0 amide bonds. The molecule has 4 nitrogen and oxygen atoms in total. The maximum absolute atomic E-state index is 10.9. The molecule has 1 saturated carbocycles. The predicted molar refractivity (Wildman–Crippen MR) is 70.7 cm³/mol. The first-order valence-corrected chi connectivity index (χ1v) is 6.88. The molecule has 104 valence electrons. The zero-order valence-corrected chi connectivity index (χ0v) is 11.0. The highest BCUT2D eigenvalue weighted by Gasteiger charge is 2.54. The van der Waals surface area contributed by atoms with Gasteiger partial charge in [-0.2, -0.15) is 0 Å². The molecule has 0 heterocycles. The van der Waals surface area contributed by atoms with Crippen molar-refractivity contribution in [1.82, 2.24) is 0 Å². The minimum atomic E-state index is -1.07. The summed E-state index contributed by atoms with van der Waals surface area (Å²) >= 11 is 0. The molecule has 1 fully saturated rings. The topological polar surface area (TPSA) is 74.6 Å². The van der Waals surface area contributed by atoms with Gasteiger partial charge < -0.3 is 10.2 Å². The maximum Gasteiger partial charge on any atom is 0.317 e. The van der Waals surface area contributed by atoms with Crippen LogP contribution in [0.4, 0.5) is 0 Å². The number of hydrogen-bond acceptors (Lipinski definition) is 2. The van der Waals surface area contributed by atoms with Crippen molar-refractivity contribution in [2.45, 2.75) is 44.9 Å². The zero-order chi connectivity index (χ0) is 13.9. The van der Waals surface area contributed by atoms with Crippen molar-refractivity contribution < 1.29 is 19.8 Å². The average Bonchev–Trinajstić information content (AvgIpc) is 3.00. The van der Waals surface area contributed by atoms with Crippen LogP contribution in [-0.2, 0) is 9.59 Å². The van der Waals surface area contributed by atoms with Gasteiger partial charge in [0.05, 0.1) is 0 Å². The lowest BCUT2D eigenvalue weighted by molar-refractivity contribution is -0.146. The van der Waals surface area contributed by atoms with Crippen molar-refractivity contribution in [2.75, 3.05) is 0 Å². The number of aliphatic carboxylic acids is 2. The number of rotatable bonds is 2. The molecule has 0 saturated heterocycles. The molecule has 0 atom stereocenters. The largest absolute Gasteiger partial charge is 0.480 e. The van der Waals surface area contributed by atoms with Gasteiger partial charge in [-0.05, 0) is 6.42 Å². The van der Waals surface area contributed by atoms with E-state index < -0.39 is 22.8 Å². The fourth-order valence-electron chi connectivity index (χ4n) is 2.92. The van der Waals surface area contributed by atoms with Crippen LogP contribution in [0.2, 0.25) is 0 Å². The van der Waals surface area contributed by atoms with Gasteiger partial charge in [-0.25, -0.2) is 0 Å². The number of fused-ring (bicyclic) bond motifs is 2. The van der Waals surface area contributed by atoms with Crippen LogP contribution in [0.3, 0.4) is 0 Å². The molecular formula is C15H20O4. The van der Waals surface area contributed by atoms with Gasteiger partial charge in [0, 0.05) is 0 Å². The SMILES string of the molecule is C1CCCCC1.O=C(O)C12C=CC(C(=O)O)(C=C1)C2. The number of carboxylic acids is 2. The second-order valence-corrected chi connectivity index (χ2v) is 5.66. The molecule has 0 unspecified atom stereocenters. The van der Waals surface area contributed by atoms with E-state index in [9.17, 15) is 9.59 Å². The van der Waals surface area contributed by atoms with E-state index in [0.717, 1.165) is 0 Å². The van der Waals surface area contributed by atoms with E-state index in [-0.39, 0.29) is 6.42 Å². The molecule has 19 heavy (non-hydrogen) atoms. The third-order valence-electron chi connectivity index (χ3n) is 4.24. The van der Waals surface area contributed by atoms with Crippen LogP contribution in [0.1, 0.15) is 44.9 Å². The summed E-state index contributed by atoms with van der Waals surface area (Å²) in [6.07, 6.45) is 15.0. The highest BCUT2D eigenvalue weighted by atomic mass is 16.4. The molecule has 2 N–H and O–H groups in total. The Kier molecular flexibility index (Phi) is 3.78. The van der Waals surface area contributed by atoms with Gasteiger partial charge in [0.15, 0.2) is 0 Å². The fraction of sp³-hybridized carbons (Fsp3) is 0.600. The lowest BCUT2D eigenvalue weighted by atomic mass is 9.86. The third-order valence-corrected chi connectivity index (χ3v) is 4.24. The van der Waals surface area contributed by atoms with E-state index in [0.29, 0.717) is 0 Å². The summed E-state index contributed by atoms with van der Waals surface area (Å²) < 4.78 is 0. The molecule has 3 aliphatic carbocycles. The molecule has 0 aromatic carbocycles. The lowest BCUT2D eigenvalue weighted by Gasteiger charge is -2.16. The van der Waals surface area contributed by atoms with Gasteiger partial charge in [-0.1, -0.05) is 62.8 Å². The molecular weight excluding hydrogens is 244 g/mol. The molecule has 0 aromatic heterocycles. The van der Waals surface area contributed by atoms with Gasteiger partial charge in [-0.15, -0.1) is 0 Å². The highest BCUT2D eigenvalue weighted by Crippen LogP contribution is 2.51. The molecule has 3 rings (SSSR count). The van der Waals surface area contributed by atoms with Gasteiger partial charge in [0.25, 0.3) is 0 Å². The Hall–Kier alpha value is -1.58. The van der Waals surface area contributed by atoms with Crippen molar-refractivity contribution in [1.29, 1.82) is 0 Å². The van der Waals surface area contributed by atoms with E-state index in [1.807, 2.05) is 0 Å². The second kappa shape index (κ2) is 5.19. The van der Waals surface area contributed by atoms with Gasteiger partial charge >= 0.3 is 11.9 Å². The molecule has 3 aliphatic rings. The molecule has 0 aromatic rings. The van der Waals surface area contributed by atoms with E-state index in [4.69, 9.17) is 10.2 Å². The molecule has 4 heteroatoms. The van der Waals surface area contributed by atoms with Crippen LogP contribution in [0.15, 0.2) is 24.3 Å². The quantitative estimate of drug-likeness (QED) is 0.752. The van der Waals surface area contributed by atoms with Crippen LogP contribution in [-0.4, -0.2) is 22.2 Å². The van der Waals surface area contributed by atoms with E-state index in [1.54, 1.807) is 0 Å². The van der Waals surface area contributed by atoms with Crippen molar-refractivity contribution in [3.8, 4) is 0 Å². The Morgan fingerprint density at radius 3 is 1.11 bits per heavy atom. The Morgan fingerprint density at radius 1 is 0.684 bits per heavy atom. The molecule has 2 bridgehead atoms. The summed E-state index contributed by atoms with van der Waals surface area (Å²) in [5, 5.41) is 17.8. The number of carboxylic acid groups (broad SMARTS) is 2. The van der Waals surface area contributed by atoms with Crippen LogP contribution >= 0.6 is 0 Å². The summed E-state index contributed by atoms with van der Waals surface area (Å²) in [5.74, 6) is -1.97. The summed E-state index contributed by atoms with van der Waals surface area (Å²) in [6.45, 7) is 0. The Bertz CT molecular complexity index is 372. The van der Waals surface area contributed by atoms with Crippen LogP contribution < -0.4 is 0 Å². The van der Waals surface area contributed by atoms with Crippen LogP contribution in [0.5, 0.6) is 0 Å². The van der Waals surface area contributed by atoms with E-state index >= 15 is 0 Å². The van der Waals surface area contributed by atoms with Crippen molar-refractivity contribution in [3.63, 3.8) is 0 Å². The Balaban J connectivity index is 0.000000186. The second-order valence-electron chi connectivity index (χ2n) is 5.66. The minimum Gasteiger partial charge on any atom is -0.480 e. The van der Waals surface area contributed by atoms with Gasteiger partial charge in [0.2, 0.25) is 0 Å². The first-order valence-electron chi connectivity index (χ1n) is 6.88. The third kappa shape index (κ3) is 2.57. The highest BCUT2D eigenvalue weighted by molar-refractivity contribution is 5.90. The van der Waals surface area contributed by atoms with Crippen LogP contribution in [0, 0.1) is 10.8 Å². The first kappa shape index (κ1) is 13.8. The first-order chi connectivity index (χ1) is 9.01. The van der Waals surface area contributed by atoms with Gasteiger partial charge in [0.1, 0.15) is 10.8 Å². The van der Waals surface area contributed by atoms with Gasteiger partial charge in [-0.3, -0.25) is 9.59 Å². The molecule has 0 aliphatic heterocycles. The van der Waals surface area contributed by atoms with Crippen molar-refractivity contribution >= 4 is 11.9 Å². The standard InChI is InChI=1S/C9H8O4.C6H12/c10-6(11)8-1-2-9(5-8,4-3-8)7(12)13;1-2-4-6-5-3-1/h1-4H,5H2,(H,10,11)(H,12,13);1-6H2. The predicted octanol–water partition coefficient (Wildman–Crippen LogP) is 3.00. The van der Waals surface area contributed by atoms with Crippen molar-refractivity contribution in [2.24, 2.45) is 10.8 Å². The normalized spacial score (nSPS) is 34.7. The monoisotopic (exact) mass is 264 g/mol. The van der Waals surface area contributed by atoms with E-state index in [2.05, 4.69) is 0 Å². The maximum atomic E-state index is 10.9. The summed E-state index contributed by atoms with van der Waals surface area (Å²) in [7, 11) is 0. The average molecular weight is 264 g/mol. The Morgan fingerprint density at radius 2 is 0.947 bits per heavy atom. The summed E-state index contributed by atoms with van der Waals surface area (Å²) in [4.78, 5) is 21.7. The number of hydrogen-bond donors (Lipinski definition) is 2. The Labute approximate surface area is 112 Å².